The van der Waals surface area contributed by atoms with Crippen molar-refractivity contribution in [2.45, 2.75) is 62.2 Å². The van der Waals surface area contributed by atoms with Gasteiger partial charge in [-0.25, -0.2) is 4.79 Å². The van der Waals surface area contributed by atoms with E-state index in [2.05, 4.69) is 55.5 Å². The molecule has 0 spiro atoms. The molecule has 0 saturated heterocycles. The van der Waals surface area contributed by atoms with Crippen LogP contribution in [0.15, 0.2) is 89.8 Å². The molecule has 3 rings (SSSR count). The van der Waals surface area contributed by atoms with Crippen LogP contribution in [0.5, 0.6) is 0 Å². The van der Waals surface area contributed by atoms with E-state index in [4.69, 9.17) is 4.74 Å². The van der Waals surface area contributed by atoms with E-state index in [1.807, 2.05) is 47.2 Å². The molecule has 3 aromatic carbocycles. The molecule has 3 aromatic rings. The monoisotopic (exact) mass is 464 g/mol. The van der Waals surface area contributed by atoms with Crippen LogP contribution in [0.2, 0.25) is 0 Å². The Labute approximate surface area is 200 Å². The van der Waals surface area contributed by atoms with Crippen LogP contribution in [0, 0.1) is 0 Å². The topological polar surface area (TPSA) is 26.3 Å². The molecule has 0 amide bonds. The highest BCUT2D eigenvalue weighted by Crippen LogP contribution is 2.35. The van der Waals surface area contributed by atoms with Gasteiger partial charge >= 0.3 is 5.97 Å². The van der Waals surface area contributed by atoms with Crippen LogP contribution in [0.1, 0.15) is 73.0 Å². The van der Waals surface area contributed by atoms with Gasteiger partial charge in [-0.05, 0) is 48.2 Å². The minimum Gasteiger partial charge on any atom is -0.454 e. The summed E-state index contributed by atoms with van der Waals surface area (Å²) in [4.78, 5) is 13.9. The molecule has 1 atom stereocenters. The zero-order valence-corrected chi connectivity index (χ0v) is 20.4. The van der Waals surface area contributed by atoms with E-state index in [1.165, 1.54) is 36.1 Å². The van der Waals surface area contributed by atoms with Crippen molar-refractivity contribution in [2.75, 3.05) is 0 Å². The minimum atomic E-state index is -0.249. The predicted octanol–water partition coefficient (Wildman–Crippen LogP) is 8.89. The highest BCUT2D eigenvalue weighted by atomic mass is 33.1. The first-order valence-corrected chi connectivity index (χ1v) is 13.8. The van der Waals surface area contributed by atoms with Crippen molar-refractivity contribution in [1.82, 2.24) is 0 Å². The van der Waals surface area contributed by atoms with Gasteiger partial charge in [0.25, 0.3) is 0 Å². The largest absolute Gasteiger partial charge is 0.454 e. The summed E-state index contributed by atoms with van der Waals surface area (Å²) in [5.74, 6) is 0.725. The molecule has 0 saturated carbocycles. The van der Waals surface area contributed by atoms with Crippen LogP contribution in [0.3, 0.4) is 0 Å². The third kappa shape index (κ3) is 8.40. The van der Waals surface area contributed by atoms with E-state index in [-0.39, 0.29) is 12.1 Å². The first-order chi connectivity index (χ1) is 15.8. The average Bonchev–Trinajstić information content (AvgIpc) is 2.85. The van der Waals surface area contributed by atoms with Crippen LogP contribution < -0.4 is 0 Å². The number of carbonyl (C=O) groups is 1. The minimum absolute atomic E-state index is 0.208. The molecule has 0 heterocycles. The Morgan fingerprint density at radius 3 is 2.16 bits per heavy atom. The Hall–Kier alpha value is -2.17. The second-order valence-corrected chi connectivity index (χ2v) is 10.2. The van der Waals surface area contributed by atoms with Crippen molar-refractivity contribution in [3.8, 4) is 0 Å². The van der Waals surface area contributed by atoms with E-state index in [1.54, 1.807) is 10.8 Å². The first kappa shape index (κ1) is 24.5. The van der Waals surface area contributed by atoms with E-state index in [0.29, 0.717) is 5.56 Å². The molecular formula is C28H32O2S2. The highest BCUT2D eigenvalue weighted by Gasteiger charge is 2.18. The normalized spacial score (nSPS) is 11.8. The summed E-state index contributed by atoms with van der Waals surface area (Å²) >= 11 is 0. The number of hydrogen-bond acceptors (Lipinski definition) is 4. The molecule has 0 radical (unpaired) electrons. The van der Waals surface area contributed by atoms with Crippen molar-refractivity contribution in [3.63, 3.8) is 0 Å². The fourth-order valence-corrected chi connectivity index (χ4v) is 5.57. The predicted molar refractivity (Wildman–Crippen MR) is 138 cm³/mol. The van der Waals surface area contributed by atoms with Crippen molar-refractivity contribution >= 4 is 27.6 Å². The van der Waals surface area contributed by atoms with Crippen LogP contribution in [0.25, 0.3) is 0 Å². The van der Waals surface area contributed by atoms with Gasteiger partial charge in [0.2, 0.25) is 0 Å². The molecule has 4 heteroatoms. The molecule has 0 aliphatic carbocycles. The molecule has 0 bridgehead atoms. The van der Waals surface area contributed by atoms with E-state index < -0.39 is 0 Å². The zero-order valence-electron chi connectivity index (χ0n) is 18.7. The third-order valence-electron chi connectivity index (χ3n) is 5.30. The third-order valence-corrected chi connectivity index (χ3v) is 7.62. The second kappa shape index (κ2) is 14.1. The number of unbranched alkanes of at least 4 members (excludes halogenated alkanes) is 4. The van der Waals surface area contributed by atoms with Gasteiger partial charge in [0.05, 0.1) is 5.56 Å². The van der Waals surface area contributed by atoms with Crippen molar-refractivity contribution in [2.24, 2.45) is 0 Å². The fourth-order valence-electron chi connectivity index (χ4n) is 3.48. The number of ether oxygens (including phenoxy) is 1. The molecule has 0 fully saturated rings. The Morgan fingerprint density at radius 1 is 0.812 bits per heavy atom. The zero-order chi connectivity index (χ0) is 22.4. The Bertz CT molecular complexity index is 911. The molecule has 32 heavy (non-hydrogen) atoms. The van der Waals surface area contributed by atoms with Crippen molar-refractivity contribution in [3.05, 3.63) is 102 Å². The summed E-state index contributed by atoms with van der Waals surface area (Å²) in [5, 5.41) is 0. The first-order valence-electron chi connectivity index (χ1n) is 11.5. The summed E-state index contributed by atoms with van der Waals surface area (Å²) in [5.41, 5.74) is 3.01. The van der Waals surface area contributed by atoms with Gasteiger partial charge in [-0.3, -0.25) is 0 Å². The van der Waals surface area contributed by atoms with Crippen LogP contribution in [0.4, 0.5) is 0 Å². The SMILES string of the molecule is CCCCCCCC(OC(=O)c1ccccc1)c1ccc(SSCc2ccccc2)cc1. The molecular weight excluding hydrogens is 432 g/mol. The molecule has 0 N–H and O–H groups in total. The molecule has 0 aromatic heterocycles. The Morgan fingerprint density at radius 2 is 1.47 bits per heavy atom. The van der Waals surface area contributed by atoms with Gasteiger partial charge in [-0.2, -0.15) is 0 Å². The molecule has 0 aliphatic heterocycles. The Kier molecular flexibility index (Phi) is 10.8. The van der Waals surface area contributed by atoms with Gasteiger partial charge in [0.1, 0.15) is 6.10 Å². The summed E-state index contributed by atoms with van der Waals surface area (Å²) < 4.78 is 5.96. The summed E-state index contributed by atoms with van der Waals surface area (Å²) in [6, 6.07) is 28.3. The summed E-state index contributed by atoms with van der Waals surface area (Å²) in [7, 11) is 3.62. The maximum atomic E-state index is 12.7. The lowest BCUT2D eigenvalue weighted by atomic mass is 10.0. The smallest absolute Gasteiger partial charge is 0.338 e. The number of hydrogen-bond donors (Lipinski definition) is 0. The summed E-state index contributed by atoms with van der Waals surface area (Å²) in [6.07, 6.45) is 6.63. The van der Waals surface area contributed by atoms with Crippen LogP contribution in [-0.4, -0.2) is 5.97 Å². The number of rotatable bonds is 13. The lowest BCUT2D eigenvalue weighted by Gasteiger charge is -2.19. The van der Waals surface area contributed by atoms with Crippen molar-refractivity contribution < 1.29 is 9.53 Å². The molecule has 0 aliphatic rings. The van der Waals surface area contributed by atoms with Gasteiger partial charge in [0.15, 0.2) is 0 Å². The number of esters is 1. The van der Waals surface area contributed by atoms with Crippen molar-refractivity contribution in [1.29, 1.82) is 0 Å². The van der Waals surface area contributed by atoms with Crippen LogP contribution >= 0.6 is 21.6 Å². The quantitative estimate of drug-likeness (QED) is 0.143. The van der Waals surface area contributed by atoms with E-state index >= 15 is 0 Å². The summed E-state index contributed by atoms with van der Waals surface area (Å²) in [6.45, 7) is 2.22. The number of carbonyl (C=O) groups excluding carboxylic acids is 1. The van der Waals surface area contributed by atoms with E-state index in [9.17, 15) is 4.79 Å². The lowest BCUT2D eigenvalue weighted by molar-refractivity contribution is 0.0270. The second-order valence-electron chi connectivity index (χ2n) is 7.86. The lowest BCUT2D eigenvalue weighted by Crippen LogP contribution is -2.12. The number of benzene rings is 3. The van der Waals surface area contributed by atoms with Gasteiger partial charge < -0.3 is 4.74 Å². The van der Waals surface area contributed by atoms with Gasteiger partial charge in [-0.15, -0.1) is 0 Å². The van der Waals surface area contributed by atoms with E-state index in [0.717, 1.165) is 24.2 Å². The Balaban J connectivity index is 1.58. The molecule has 2 nitrogen and oxygen atoms in total. The maximum absolute atomic E-state index is 12.7. The molecule has 168 valence electrons. The highest BCUT2D eigenvalue weighted by molar-refractivity contribution is 8.76. The fraction of sp³-hybridized carbons (Fsp3) is 0.321. The van der Waals surface area contributed by atoms with Gasteiger partial charge in [0, 0.05) is 10.6 Å². The maximum Gasteiger partial charge on any atom is 0.338 e. The van der Waals surface area contributed by atoms with Crippen LogP contribution in [-0.2, 0) is 10.5 Å². The standard InChI is InChI=1S/C28H32O2S2/c1-2-3-4-5-12-17-27(30-28(29)25-15-10-7-11-16-25)24-18-20-26(21-19-24)32-31-22-23-13-8-6-9-14-23/h6-11,13-16,18-21,27H,2-5,12,17,22H2,1H3. The average molecular weight is 465 g/mol. The van der Waals surface area contributed by atoms with Gasteiger partial charge in [-0.1, -0.05) is 115 Å². The molecule has 1 unspecified atom stereocenters.